The summed E-state index contributed by atoms with van der Waals surface area (Å²) in [5.74, 6) is -0.372. The maximum absolute atomic E-state index is 12.9. The van der Waals surface area contributed by atoms with Crippen LogP contribution < -0.4 is 5.32 Å². The molecule has 0 aliphatic carbocycles. The van der Waals surface area contributed by atoms with Gasteiger partial charge in [0.1, 0.15) is 11.9 Å². The SMILES string of the molecule is C=C/C=C(\C)Nc1cc(F)ccc1C#N. The average Bonchev–Trinajstić information content (AvgIpc) is 2.18. The van der Waals surface area contributed by atoms with E-state index in [0.29, 0.717) is 11.3 Å². The Hall–Kier alpha value is -2.08. The van der Waals surface area contributed by atoms with Gasteiger partial charge < -0.3 is 5.32 Å². The summed E-state index contributed by atoms with van der Waals surface area (Å²) < 4.78 is 12.9. The lowest BCUT2D eigenvalue weighted by atomic mass is 10.2. The van der Waals surface area contributed by atoms with Crippen LogP contribution in [0.3, 0.4) is 0 Å². The van der Waals surface area contributed by atoms with Crippen LogP contribution in [0.15, 0.2) is 42.6 Å². The van der Waals surface area contributed by atoms with Gasteiger partial charge >= 0.3 is 0 Å². The lowest BCUT2D eigenvalue weighted by Crippen LogP contribution is -1.98. The Bertz CT molecular complexity index is 441. The van der Waals surface area contributed by atoms with Crippen molar-refractivity contribution in [2.75, 3.05) is 5.32 Å². The zero-order chi connectivity index (χ0) is 11.3. The monoisotopic (exact) mass is 202 g/mol. The summed E-state index contributed by atoms with van der Waals surface area (Å²) in [7, 11) is 0. The van der Waals surface area contributed by atoms with Crippen LogP contribution in [0.1, 0.15) is 12.5 Å². The first kappa shape index (κ1) is 11.0. The summed E-state index contributed by atoms with van der Waals surface area (Å²) in [5, 5.41) is 11.7. The van der Waals surface area contributed by atoms with Crippen LogP contribution in [-0.2, 0) is 0 Å². The van der Waals surface area contributed by atoms with Crippen LogP contribution in [0.2, 0.25) is 0 Å². The number of rotatable bonds is 3. The average molecular weight is 202 g/mol. The van der Waals surface area contributed by atoms with E-state index in [1.54, 1.807) is 12.2 Å². The second kappa shape index (κ2) is 4.97. The van der Waals surface area contributed by atoms with E-state index in [4.69, 9.17) is 5.26 Å². The molecule has 2 nitrogen and oxygen atoms in total. The van der Waals surface area contributed by atoms with E-state index in [0.717, 1.165) is 5.70 Å². The Morgan fingerprint density at radius 1 is 1.60 bits per heavy atom. The molecule has 0 saturated heterocycles. The van der Waals surface area contributed by atoms with Gasteiger partial charge in [-0.15, -0.1) is 0 Å². The van der Waals surface area contributed by atoms with Gasteiger partial charge in [-0.05, 0) is 31.2 Å². The number of hydrogen-bond donors (Lipinski definition) is 1. The van der Waals surface area contributed by atoms with Crippen LogP contribution >= 0.6 is 0 Å². The largest absolute Gasteiger partial charge is 0.358 e. The molecule has 3 heteroatoms. The van der Waals surface area contributed by atoms with Gasteiger partial charge in [0.05, 0.1) is 11.3 Å². The molecule has 0 radical (unpaired) electrons. The molecule has 0 atom stereocenters. The van der Waals surface area contributed by atoms with Crippen molar-refractivity contribution in [2.45, 2.75) is 6.92 Å². The summed E-state index contributed by atoms with van der Waals surface area (Å²) in [6, 6.07) is 5.98. The molecular weight excluding hydrogens is 191 g/mol. The number of nitriles is 1. The Labute approximate surface area is 88.3 Å². The van der Waals surface area contributed by atoms with Crippen LogP contribution in [0.5, 0.6) is 0 Å². The standard InChI is InChI=1S/C12H11FN2/c1-3-4-9(2)15-12-7-11(13)6-5-10(12)8-14/h3-7,15H,1H2,2H3/b9-4+. The van der Waals surface area contributed by atoms with Gasteiger partial charge in [0, 0.05) is 5.70 Å². The summed E-state index contributed by atoms with van der Waals surface area (Å²) in [6.07, 6.45) is 3.36. The van der Waals surface area contributed by atoms with Crippen molar-refractivity contribution < 1.29 is 4.39 Å². The van der Waals surface area contributed by atoms with Crippen molar-refractivity contribution in [1.29, 1.82) is 5.26 Å². The highest BCUT2D eigenvalue weighted by Crippen LogP contribution is 2.17. The lowest BCUT2D eigenvalue weighted by molar-refractivity contribution is 0.628. The Kier molecular flexibility index (Phi) is 3.64. The zero-order valence-electron chi connectivity index (χ0n) is 8.42. The molecule has 0 saturated carbocycles. The third-order valence-corrected chi connectivity index (χ3v) is 1.80. The molecule has 0 amide bonds. The van der Waals surface area contributed by atoms with Gasteiger partial charge in [0.15, 0.2) is 0 Å². The molecule has 0 spiro atoms. The fourth-order valence-electron chi connectivity index (χ4n) is 1.15. The van der Waals surface area contributed by atoms with Gasteiger partial charge in [-0.3, -0.25) is 0 Å². The fraction of sp³-hybridized carbons (Fsp3) is 0.0833. The van der Waals surface area contributed by atoms with Gasteiger partial charge in [-0.2, -0.15) is 5.26 Å². The van der Waals surface area contributed by atoms with Gasteiger partial charge in [0.2, 0.25) is 0 Å². The molecule has 0 unspecified atom stereocenters. The van der Waals surface area contributed by atoms with Crippen LogP contribution in [0, 0.1) is 17.1 Å². The minimum atomic E-state index is -0.372. The van der Waals surface area contributed by atoms with Crippen molar-refractivity contribution in [3.63, 3.8) is 0 Å². The van der Waals surface area contributed by atoms with Gasteiger partial charge in [0.25, 0.3) is 0 Å². The van der Waals surface area contributed by atoms with E-state index in [1.165, 1.54) is 18.2 Å². The number of nitrogens with one attached hydrogen (secondary N) is 1. The zero-order valence-corrected chi connectivity index (χ0v) is 8.42. The van der Waals surface area contributed by atoms with Crippen LogP contribution in [0.4, 0.5) is 10.1 Å². The first-order valence-corrected chi connectivity index (χ1v) is 4.43. The molecule has 15 heavy (non-hydrogen) atoms. The molecule has 1 aromatic carbocycles. The van der Waals surface area contributed by atoms with Gasteiger partial charge in [-0.25, -0.2) is 4.39 Å². The molecule has 0 aliphatic rings. The maximum atomic E-state index is 12.9. The Morgan fingerprint density at radius 3 is 2.93 bits per heavy atom. The summed E-state index contributed by atoms with van der Waals surface area (Å²) >= 11 is 0. The van der Waals surface area contributed by atoms with E-state index >= 15 is 0 Å². The molecule has 0 aromatic heterocycles. The smallest absolute Gasteiger partial charge is 0.125 e. The topological polar surface area (TPSA) is 35.8 Å². The number of anilines is 1. The third kappa shape index (κ3) is 2.96. The van der Waals surface area contributed by atoms with Crippen molar-refractivity contribution in [3.05, 3.63) is 54.0 Å². The molecule has 1 N–H and O–H groups in total. The van der Waals surface area contributed by atoms with E-state index in [1.807, 2.05) is 13.0 Å². The predicted molar refractivity (Wildman–Crippen MR) is 58.7 cm³/mol. The Balaban J connectivity index is 3.03. The van der Waals surface area contributed by atoms with Crippen molar-refractivity contribution in [3.8, 4) is 6.07 Å². The highest BCUT2D eigenvalue weighted by Gasteiger charge is 2.02. The minimum absolute atomic E-state index is 0.372. The van der Waals surface area contributed by atoms with Crippen LogP contribution in [0.25, 0.3) is 0 Å². The van der Waals surface area contributed by atoms with Crippen LogP contribution in [-0.4, -0.2) is 0 Å². The first-order valence-electron chi connectivity index (χ1n) is 4.43. The molecule has 0 aliphatic heterocycles. The highest BCUT2D eigenvalue weighted by atomic mass is 19.1. The van der Waals surface area contributed by atoms with E-state index < -0.39 is 0 Å². The second-order valence-corrected chi connectivity index (χ2v) is 3.01. The van der Waals surface area contributed by atoms with Crippen molar-refractivity contribution in [1.82, 2.24) is 0 Å². The number of nitrogens with zero attached hydrogens (tertiary/aromatic N) is 1. The quantitative estimate of drug-likeness (QED) is 0.764. The Morgan fingerprint density at radius 2 is 2.33 bits per heavy atom. The number of hydrogen-bond acceptors (Lipinski definition) is 2. The molecule has 1 rings (SSSR count). The number of benzene rings is 1. The molecule has 0 bridgehead atoms. The second-order valence-electron chi connectivity index (χ2n) is 3.01. The minimum Gasteiger partial charge on any atom is -0.358 e. The van der Waals surface area contributed by atoms with E-state index in [2.05, 4.69) is 11.9 Å². The summed E-state index contributed by atoms with van der Waals surface area (Å²) in [5.41, 5.74) is 1.67. The van der Waals surface area contributed by atoms with E-state index in [-0.39, 0.29) is 5.82 Å². The molecule has 0 fully saturated rings. The van der Waals surface area contributed by atoms with Crippen molar-refractivity contribution in [2.24, 2.45) is 0 Å². The first-order chi connectivity index (χ1) is 7.17. The predicted octanol–water partition coefficient (Wildman–Crippen LogP) is 3.20. The summed E-state index contributed by atoms with van der Waals surface area (Å²) in [4.78, 5) is 0. The number of halogens is 1. The lowest BCUT2D eigenvalue weighted by Gasteiger charge is -2.07. The third-order valence-electron chi connectivity index (χ3n) is 1.80. The van der Waals surface area contributed by atoms with Crippen molar-refractivity contribution >= 4 is 5.69 Å². The number of allylic oxidation sites excluding steroid dienone is 3. The molecular formula is C12H11FN2. The van der Waals surface area contributed by atoms with E-state index in [9.17, 15) is 4.39 Å². The van der Waals surface area contributed by atoms with Gasteiger partial charge in [-0.1, -0.05) is 12.7 Å². The maximum Gasteiger partial charge on any atom is 0.125 e. The molecule has 1 aromatic rings. The highest BCUT2D eigenvalue weighted by molar-refractivity contribution is 5.60. The molecule has 76 valence electrons. The molecule has 0 heterocycles. The summed E-state index contributed by atoms with van der Waals surface area (Å²) in [6.45, 7) is 5.36. The fourth-order valence-corrected chi connectivity index (χ4v) is 1.15. The normalized spacial score (nSPS) is 10.6.